The maximum Gasteiger partial charge on any atom is 0.232 e. The van der Waals surface area contributed by atoms with Crippen molar-refractivity contribution in [1.82, 2.24) is 10.1 Å². The third-order valence-electron chi connectivity index (χ3n) is 3.56. The highest BCUT2D eigenvalue weighted by Gasteiger charge is 2.25. The normalized spacial score (nSPS) is 14.7. The number of anilines is 2. The van der Waals surface area contributed by atoms with Gasteiger partial charge >= 0.3 is 0 Å². The van der Waals surface area contributed by atoms with E-state index in [-0.39, 0.29) is 5.41 Å². The molecule has 0 spiro atoms. The Bertz CT molecular complexity index is 627. The number of rotatable bonds is 2. The van der Waals surface area contributed by atoms with Crippen molar-refractivity contribution in [2.75, 3.05) is 17.2 Å². The molecule has 3 rings (SSSR count). The van der Waals surface area contributed by atoms with Crippen LogP contribution in [-0.2, 0) is 18.4 Å². The van der Waals surface area contributed by atoms with Crippen LogP contribution < -0.4 is 10.6 Å². The highest BCUT2D eigenvalue weighted by Crippen LogP contribution is 2.34. The number of nitrogens with zero attached hydrogens (tertiary/aromatic N) is 3. The van der Waals surface area contributed by atoms with E-state index < -0.39 is 0 Å². The number of hydrogen-bond acceptors (Lipinski definition) is 5. The fourth-order valence-electron chi connectivity index (χ4n) is 2.52. The molecule has 5 nitrogen and oxygen atoms in total. The molecule has 1 aliphatic rings. The van der Waals surface area contributed by atoms with Crippen molar-refractivity contribution >= 4 is 11.4 Å². The Balaban J connectivity index is 1.83. The number of benzene rings is 1. The fraction of sp³-hybridized carbons (Fsp3) is 0.467. The number of aromatic nitrogens is 2. The van der Waals surface area contributed by atoms with Crippen LogP contribution in [0.2, 0.25) is 0 Å². The number of nitrogens with two attached hydrogens (primary N) is 1. The van der Waals surface area contributed by atoms with Crippen LogP contribution in [0.25, 0.3) is 0 Å². The van der Waals surface area contributed by atoms with Gasteiger partial charge in [0.25, 0.3) is 0 Å². The zero-order valence-electron chi connectivity index (χ0n) is 12.2. The summed E-state index contributed by atoms with van der Waals surface area (Å²) in [4.78, 5) is 6.71. The smallest absolute Gasteiger partial charge is 0.232 e. The van der Waals surface area contributed by atoms with Crippen molar-refractivity contribution in [3.63, 3.8) is 0 Å². The van der Waals surface area contributed by atoms with Crippen LogP contribution in [0.15, 0.2) is 22.7 Å². The first-order valence-corrected chi connectivity index (χ1v) is 6.90. The Morgan fingerprint density at radius 3 is 2.85 bits per heavy atom. The zero-order valence-corrected chi connectivity index (χ0v) is 12.2. The van der Waals surface area contributed by atoms with E-state index in [9.17, 15) is 0 Å². The average molecular weight is 272 g/mol. The number of hydrogen-bond donors (Lipinski definition) is 1. The predicted octanol–water partition coefficient (Wildman–Crippen LogP) is 2.51. The molecule has 0 radical (unpaired) electrons. The van der Waals surface area contributed by atoms with Crippen LogP contribution >= 0.6 is 0 Å². The molecule has 1 aromatic heterocycles. The molecule has 106 valence electrons. The highest BCUT2D eigenvalue weighted by atomic mass is 16.5. The topological polar surface area (TPSA) is 68.2 Å². The van der Waals surface area contributed by atoms with Gasteiger partial charge in [-0.15, -0.1) is 0 Å². The van der Waals surface area contributed by atoms with Crippen LogP contribution in [0.4, 0.5) is 11.4 Å². The number of para-hydroxylation sites is 1. The van der Waals surface area contributed by atoms with E-state index in [4.69, 9.17) is 10.3 Å². The summed E-state index contributed by atoms with van der Waals surface area (Å²) in [5.74, 6) is 1.39. The van der Waals surface area contributed by atoms with E-state index in [2.05, 4.69) is 41.9 Å². The standard InChI is InChI=1S/C15H20N4O/c1-15(2,3)14-17-12(18-20-14)9-19-8-7-10-5-4-6-11(16)13(10)19/h4-6H,7-9,16H2,1-3H3. The lowest BCUT2D eigenvalue weighted by atomic mass is 9.97. The highest BCUT2D eigenvalue weighted by molar-refractivity contribution is 5.74. The SMILES string of the molecule is CC(C)(C)c1nc(CN2CCc3cccc(N)c32)no1. The molecule has 2 heterocycles. The molecule has 0 amide bonds. The van der Waals surface area contributed by atoms with Gasteiger partial charge in [-0.2, -0.15) is 4.98 Å². The van der Waals surface area contributed by atoms with Gasteiger partial charge in [0.15, 0.2) is 5.82 Å². The second-order valence-corrected chi connectivity index (χ2v) is 6.29. The Morgan fingerprint density at radius 2 is 2.15 bits per heavy atom. The Hall–Kier alpha value is -2.04. The minimum absolute atomic E-state index is 0.118. The van der Waals surface area contributed by atoms with E-state index in [1.54, 1.807) is 0 Å². The molecule has 0 saturated carbocycles. The maximum atomic E-state index is 6.08. The van der Waals surface area contributed by atoms with Crippen molar-refractivity contribution in [2.45, 2.75) is 39.2 Å². The quantitative estimate of drug-likeness (QED) is 0.851. The summed E-state index contributed by atoms with van der Waals surface area (Å²) in [6.07, 6.45) is 1.02. The molecule has 0 aliphatic carbocycles. The molecule has 0 unspecified atom stereocenters. The lowest BCUT2D eigenvalue weighted by Gasteiger charge is -2.18. The molecule has 20 heavy (non-hydrogen) atoms. The van der Waals surface area contributed by atoms with Crippen molar-refractivity contribution in [2.24, 2.45) is 0 Å². The van der Waals surface area contributed by atoms with Gasteiger partial charge in [-0.1, -0.05) is 38.1 Å². The minimum atomic E-state index is -0.118. The molecule has 2 aromatic rings. The summed E-state index contributed by atoms with van der Waals surface area (Å²) in [5.41, 5.74) is 9.20. The first-order chi connectivity index (χ1) is 9.45. The van der Waals surface area contributed by atoms with Gasteiger partial charge < -0.3 is 15.2 Å². The first-order valence-electron chi connectivity index (χ1n) is 6.90. The monoisotopic (exact) mass is 272 g/mol. The van der Waals surface area contributed by atoms with Gasteiger partial charge in [-0.05, 0) is 18.1 Å². The molecule has 1 aromatic carbocycles. The summed E-state index contributed by atoms with van der Waals surface area (Å²) in [6, 6.07) is 6.07. The van der Waals surface area contributed by atoms with Crippen LogP contribution in [0.3, 0.4) is 0 Å². The van der Waals surface area contributed by atoms with Gasteiger partial charge in [-0.3, -0.25) is 0 Å². The van der Waals surface area contributed by atoms with Gasteiger partial charge in [0.05, 0.1) is 17.9 Å². The van der Waals surface area contributed by atoms with Crippen LogP contribution in [0.5, 0.6) is 0 Å². The summed E-state index contributed by atoms with van der Waals surface area (Å²) in [6.45, 7) is 7.78. The lowest BCUT2D eigenvalue weighted by Crippen LogP contribution is -2.21. The Morgan fingerprint density at radius 1 is 1.35 bits per heavy atom. The van der Waals surface area contributed by atoms with E-state index in [1.807, 2.05) is 12.1 Å². The van der Waals surface area contributed by atoms with Crippen LogP contribution in [-0.4, -0.2) is 16.7 Å². The van der Waals surface area contributed by atoms with Crippen molar-refractivity contribution < 1.29 is 4.52 Å². The Labute approximate surface area is 118 Å². The third kappa shape index (κ3) is 2.24. The first kappa shape index (κ1) is 13.0. The third-order valence-corrected chi connectivity index (χ3v) is 3.56. The molecule has 0 fully saturated rings. The van der Waals surface area contributed by atoms with E-state index in [0.717, 1.165) is 24.3 Å². The zero-order chi connectivity index (χ0) is 14.3. The summed E-state index contributed by atoms with van der Waals surface area (Å²) < 4.78 is 5.34. The number of nitrogen functional groups attached to an aromatic ring is 1. The fourth-order valence-corrected chi connectivity index (χ4v) is 2.52. The van der Waals surface area contributed by atoms with Gasteiger partial charge in [0, 0.05) is 12.0 Å². The molecular weight excluding hydrogens is 252 g/mol. The van der Waals surface area contributed by atoms with Crippen LogP contribution in [0, 0.1) is 0 Å². The van der Waals surface area contributed by atoms with Crippen molar-refractivity contribution in [3.8, 4) is 0 Å². The van der Waals surface area contributed by atoms with E-state index >= 15 is 0 Å². The largest absolute Gasteiger partial charge is 0.397 e. The second kappa shape index (κ2) is 4.51. The Kier molecular flexibility index (Phi) is 2.92. The van der Waals surface area contributed by atoms with Gasteiger partial charge in [-0.25, -0.2) is 0 Å². The molecule has 1 aliphatic heterocycles. The lowest BCUT2D eigenvalue weighted by molar-refractivity contribution is 0.318. The minimum Gasteiger partial charge on any atom is -0.397 e. The summed E-state index contributed by atoms with van der Waals surface area (Å²) in [5, 5.41) is 4.08. The molecule has 5 heteroatoms. The van der Waals surface area contributed by atoms with Gasteiger partial charge in [0.1, 0.15) is 0 Å². The second-order valence-electron chi connectivity index (χ2n) is 6.29. The number of fused-ring (bicyclic) bond motifs is 1. The van der Waals surface area contributed by atoms with Crippen LogP contribution in [0.1, 0.15) is 38.0 Å². The molecule has 0 bridgehead atoms. The van der Waals surface area contributed by atoms with Crippen molar-refractivity contribution in [3.05, 3.63) is 35.5 Å². The molecule has 0 saturated heterocycles. The average Bonchev–Trinajstić information content (AvgIpc) is 2.97. The van der Waals surface area contributed by atoms with Gasteiger partial charge in [0.2, 0.25) is 5.89 Å². The summed E-state index contributed by atoms with van der Waals surface area (Å²) in [7, 11) is 0. The molecular formula is C15H20N4O. The summed E-state index contributed by atoms with van der Waals surface area (Å²) >= 11 is 0. The van der Waals surface area contributed by atoms with E-state index in [1.165, 1.54) is 5.56 Å². The van der Waals surface area contributed by atoms with Crippen molar-refractivity contribution in [1.29, 1.82) is 0 Å². The maximum absolute atomic E-state index is 6.08. The van der Waals surface area contributed by atoms with E-state index in [0.29, 0.717) is 18.3 Å². The molecule has 0 atom stereocenters. The predicted molar refractivity (Wildman–Crippen MR) is 78.6 cm³/mol. The molecule has 2 N–H and O–H groups in total.